The Kier molecular flexibility index (Phi) is 4.65. The maximum atomic E-state index is 5.64. The van der Waals surface area contributed by atoms with E-state index in [0.29, 0.717) is 6.04 Å². The Morgan fingerprint density at radius 3 is 2.67 bits per heavy atom. The molecule has 2 aromatic rings. The van der Waals surface area contributed by atoms with Crippen molar-refractivity contribution in [2.24, 2.45) is 0 Å². The summed E-state index contributed by atoms with van der Waals surface area (Å²) >= 11 is 5.30. The lowest BCUT2D eigenvalue weighted by Gasteiger charge is -2.16. The lowest BCUT2D eigenvalue weighted by atomic mass is 10.0. The summed E-state index contributed by atoms with van der Waals surface area (Å²) < 4.78 is 6.80. The van der Waals surface area contributed by atoms with Crippen molar-refractivity contribution in [2.45, 2.75) is 33.2 Å². The SMILES string of the molecule is CCNC(Cc1cc(Br)cs1)c1cc(C)oc1C. The van der Waals surface area contributed by atoms with Gasteiger partial charge in [0.1, 0.15) is 11.5 Å². The minimum Gasteiger partial charge on any atom is -0.466 e. The number of furan rings is 1. The van der Waals surface area contributed by atoms with Crippen LogP contribution in [-0.2, 0) is 6.42 Å². The van der Waals surface area contributed by atoms with Crippen LogP contribution in [0.4, 0.5) is 0 Å². The molecule has 1 atom stereocenters. The summed E-state index contributed by atoms with van der Waals surface area (Å²) in [6.45, 7) is 7.14. The third-order valence-electron chi connectivity index (χ3n) is 2.93. The van der Waals surface area contributed by atoms with E-state index in [1.165, 1.54) is 10.4 Å². The smallest absolute Gasteiger partial charge is 0.105 e. The number of halogens is 1. The van der Waals surface area contributed by atoms with Gasteiger partial charge in [0, 0.05) is 32.8 Å². The Morgan fingerprint density at radius 2 is 2.17 bits per heavy atom. The largest absolute Gasteiger partial charge is 0.466 e. The lowest BCUT2D eigenvalue weighted by Crippen LogP contribution is -2.22. The van der Waals surface area contributed by atoms with Gasteiger partial charge in [0.2, 0.25) is 0 Å². The third kappa shape index (κ3) is 3.25. The maximum absolute atomic E-state index is 5.64. The molecule has 0 spiro atoms. The molecule has 18 heavy (non-hydrogen) atoms. The fourth-order valence-corrected chi connectivity index (χ4v) is 3.70. The molecular weight excluding hydrogens is 310 g/mol. The molecule has 0 aliphatic carbocycles. The molecule has 0 saturated heterocycles. The van der Waals surface area contributed by atoms with Crippen molar-refractivity contribution in [1.82, 2.24) is 5.32 Å². The van der Waals surface area contributed by atoms with Crippen LogP contribution in [-0.4, -0.2) is 6.54 Å². The molecule has 0 bridgehead atoms. The van der Waals surface area contributed by atoms with Gasteiger partial charge in [0.25, 0.3) is 0 Å². The van der Waals surface area contributed by atoms with Crippen molar-refractivity contribution in [2.75, 3.05) is 6.54 Å². The highest BCUT2D eigenvalue weighted by Gasteiger charge is 2.17. The molecule has 2 rings (SSSR count). The Labute approximate surface area is 121 Å². The van der Waals surface area contributed by atoms with Crippen molar-refractivity contribution in [3.8, 4) is 0 Å². The van der Waals surface area contributed by atoms with Crippen LogP contribution in [0.15, 0.2) is 26.4 Å². The van der Waals surface area contributed by atoms with E-state index in [4.69, 9.17) is 4.42 Å². The molecule has 98 valence electrons. The molecule has 0 aliphatic rings. The maximum Gasteiger partial charge on any atom is 0.105 e. The summed E-state index contributed by atoms with van der Waals surface area (Å²) in [4.78, 5) is 1.38. The van der Waals surface area contributed by atoms with Gasteiger partial charge in [-0.05, 0) is 48.5 Å². The summed E-state index contributed by atoms with van der Waals surface area (Å²) in [5.74, 6) is 2.01. The fraction of sp³-hybridized carbons (Fsp3) is 0.429. The first-order valence-corrected chi connectivity index (χ1v) is 7.80. The van der Waals surface area contributed by atoms with E-state index in [2.05, 4.69) is 45.7 Å². The van der Waals surface area contributed by atoms with E-state index in [1.807, 2.05) is 13.8 Å². The average molecular weight is 328 g/mol. The molecular formula is C14H18BrNOS. The molecule has 1 N–H and O–H groups in total. The first-order valence-electron chi connectivity index (χ1n) is 6.13. The van der Waals surface area contributed by atoms with Gasteiger partial charge in [-0.25, -0.2) is 0 Å². The van der Waals surface area contributed by atoms with E-state index < -0.39 is 0 Å². The normalized spacial score (nSPS) is 12.9. The van der Waals surface area contributed by atoms with Crippen LogP contribution in [0.5, 0.6) is 0 Å². The number of likely N-dealkylation sites (N-methyl/N-ethyl adjacent to an activating group) is 1. The molecule has 0 fully saturated rings. The van der Waals surface area contributed by atoms with E-state index in [1.54, 1.807) is 11.3 Å². The molecule has 2 nitrogen and oxygen atoms in total. The van der Waals surface area contributed by atoms with Crippen LogP contribution in [0.2, 0.25) is 0 Å². The second kappa shape index (κ2) is 6.04. The number of nitrogens with one attached hydrogen (secondary N) is 1. The zero-order valence-electron chi connectivity index (χ0n) is 10.9. The summed E-state index contributed by atoms with van der Waals surface area (Å²) in [6.07, 6.45) is 1.00. The second-order valence-corrected chi connectivity index (χ2v) is 6.33. The van der Waals surface area contributed by atoms with Crippen molar-refractivity contribution in [1.29, 1.82) is 0 Å². The lowest BCUT2D eigenvalue weighted by molar-refractivity contribution is 0.485. The quantitative estimate of drug-likeness (QED) is 0.867. The zero-order chi connectivity index (χ0) is 13.1. The highest BCUT2D eigenvalue weighted by atomic mass is 79.9. The molecule has 4 heteroatoms. The van der Waals surface area contributed by atoms with Gasteiger partial charge in [-0.1, -0.05) is 6.92 Å². The van der Waals surface area contributed by atoms with Gasteiger partial charge < -0.3 is 9.73 Å². The van der Waals surface area contributed by atoms with E-state index in [9.17, 15) is 0 Å². The molecule has 0 amide bonds. The van der Waals surface area contributed by atoms with Gasteiger partial charge in [0.15, 0.2) is 0 Å². The van der Waals surface area contributed by atoms with Crippen molar-refractivity contribution >= 4 is 27.3 Å². The summed E-state index contributed by atoms with van der Waals surface area (Å²) in [5, 5.41) is 5.67. The van der Waals surface area contributed by atoms with Crippen LogP contribution in [0.25, 0.3) is 0 Å². The van der Waals surface area contributed by atoms with Crippen molar-refractivity contribution in [3.63, 3.8) is 0 Å². The van der Waals surface area contributed by atoms with Gasteiger partial charge in [-0.15, -0.1) is 11.3 Å². The Hall–Kier alpha value is -0.580. The third-order valence-corrected chi connectivity index (χ3v) is 4.65. The minimum absolute atomic E-state index is 0.331. The highest BCUT2D eigenvalue weighted by molar-refractivity contribution is 9.10. The predicted octanol–water partition coefficient (Wildman–Crippen LogP) is 4.61. The van der Waals surface area contributed by atoms with Gasteiger partial charge in [0.05, 0.1) is 0 Å². The number of aryl methyl sites for hydroxylation is 2. The van der Waals surface area contributed by atoms with Crippen LogP contribution < -0.4 is 5.32 Å². The summed E-state index contributed by atoms with van der Waals surface area (Å²) in [5.41, 5.74) is 1.28. The molecule has 2 heterocycles. The van der Waals surface area contributed by atoms with Crippen LogP contribution >= 0.6 is 27.3 Å². The van der Waals surface area contributed by atoms with Crippen LogP contribution in [0.1, 0.15) is 34.9 Å². The fourth-order valence-electron chi connectivity index (χ4n) is 2.20. The monoisotopic (exact) mass is 327 g/mol. The topological polar surface area (TPSA) is 25.2 Å². The number of hydrogen-bond donors (Lipinski definition) is 1. The number of thiophene rings is 1. The Morgan fingerprint density at radius 1 is 1.39 bits per heavy atom. The van der Waals surface area contributed by atoms with E-state index >= 15 is 0 Å². The van der Waals surface area contributed by atoms with Gasteiger partial charge in [-0.3, -0.25) is 0 Å². The number of hydrogen-bond acceptors (Lipinski definition) is 3. The van der Waals surface area contributed by atoms with E-state index in [0.717, 1.165) is 29.0 Å². The van der Waals surface area contributed by atoms with E-state index in [-0.39, 0.29) is 0 Å². The van der Waals surface area contributed by atoms with Gasteiger partial charge >= 0.3 is 0 Å². The van der Waals surface area contributed by atoms with Gasteiger partial charge in [-0.2, -0.15) is 0 Å². The number of rotatable bonds is 5. The molecule has 0 aliphatic heterocycles. The minimum atomic E-state index is 0.331. The van der Waals surface area contributed by atoms with Crippen molar-refractivity contribution in [3.05, 3.63) is 43.9 Å². The average Bonchev–Trinajstić information content (AvgIpc) is 2.84. The first-order chi connectivity index (χ1) is 8.60. The second-order valence-electron chi connectivity index (χ2n) is 4.41. The Bertz CT molecular complexity index is 518. The first kappa shape index (κ1) is 13.8. The zero-order valence-corrected chi connectivity index (χ0v) is 13.3. The summed E-state index contributed by atoms with van der Waals surface area (Å²) in [7, 11) is 0. The Balaban J connectivity index is 2.20. The molecule has 0 radical (unpaired) electrons. The predicted molar refractivity (Wildman–Crippen MR) is 80.3 cm³/mol. The summed E-state index contributed by atoms with van der Waals surface area (Å²) in [6, 6.07) is 4.67. The molecule has 0 aromatic carbocycles. The standard InChI is InChI=1S/C14H18BrNOS/c1-4-16-14(7-12-6-11(15)8-18-12)13-5-9(2)17-10(13)3/h5-6,8,14,16H,4,7H2,1-3H3. The highest BCUT2D eigenvalue weighted by Crippen LogP contribution is 2.28. The molecule has 2 aromatic heterocycles. The van der Waals surface area contributed by atoms with Crippen LogP contribution in [0.3, 0.4) is 0 Å². The van der Waals surface area contributed by atoms with Crippen molar-refractivity contribution < 1.29 is 4.42 Å². The molecule has 0 saturated carbocycles. The molecule has 1 unspecified atom stereocenters. The van der Waals surface area contributed by atoms with Crippen LogP contribution in [0, 0.1) is 13.8 Å².